The highest BCUT2D eigenvalue weighted by Crippen LogP contribution is 2.27. The molecule has 2 heteroatoms. The quantitative estimate of drug-likeness (QED) is 0.624. The van der Waals surface area contributed by atoms with Crippen LogP contribution in [-0.2, 0) is 0 Å². The Morgan fingerprint density at radius 3 is 1.73 bits per heavy atom. The number of nitrogens with zero attached hydrogens (tertiary/aromatic N) is 1. The molecule has 0 fully saturated rings. The van der Waals surface area contributed by atoms with Crippen LogP contribution in [0.1, 0.15) is 5.56 Å². The standard InChI is InChI=1S/C20H19NO/c1-16-8-12-19(13-9-16)22-20-14-10-18(11-15-20)21(2)17-6-4-3-5-7-17/h3-15H,1-2H3. The molecule has 0 unspecified atom stereocenters. The van der Waals surface area contributed by atoms with Crippen LogP contribution in [0, 0.1) is 6.92 Å². The van der Waals surface area contributed by atoms with Crippen LogP contribution in [-0.4, -0.2) is 7.05 Å². The van der Waals surface area contributed by atoms with E-state index in [0.717, 1.165) is 22.9 Å². The topological polar surface area (TPSA) is 12.5 Å². The van der Waals surface area contributed by atoms with E-state index in [1.54, 1.807) is 0 Å². The van der Waals surface area contributed by atoms with Gasteiger partial charge in [0.1, 0.15) is 11.5 Å². The van der Waals surface area contributed by atoms with Gasteiger partial charge in [-0.1, -0.05) is 35.9 Å². The molecule has 0 atom stereocenters. The molecule has 0 radical (unpaired) electrons. The minimum absolute atomic E-state index is 0.842. The van der Waals surface area contributed by atoms with Crippen LogP contribution in [0.2, 0.25) is 0 Å². The Hall–Kier alpha value is -2.74. The summed E-state index contributed by atoms with van der Waals surface area (Å²) >= 11 is 0. The Morgan fingerprint density at radius 2 is 1.14 bits per heavy atom. The normalized spacial score (nSPS) is 10.3. The van der Waals surface area contributed by atoms with E-state index in [1.165, 1.54) is 5.56 Å². The predicted octanol–water partition coefficient (Wildman–Crippen LogP) is 5.56. The van der Waals surface area contributed by atoms with Crippen molar-refractivity contribution in [2.75, 3.05) is 11.9 Å². The van der Waals surface area contributed by atoms with E-state index in [0.29, 0.717) is 0 Å². The third-order valence-corrected chi connectivity index (χ3v) is 3.62. The average Bonchev–Trinajstić information content (AvgIpc) is 2.58. The molecule has 3 aromatic carbocycles. The van der Waals surface area contributed by atoms with Crippen LogP contribution in [0.3, 0.4) is 0 Å². The summed E-state index contributed by atoms with van der Waals surface area (Å²) in [4.78, 5) is 2.15. The van der Waals surface area contributed by atoms with Gasteiger partial charge in [0.2, 0.25) is 0 Å². The largest absolute Gasteiger partial charge is 0.457 e. The lowest BCUT2D eigenvalue weighted by Crippen LogP contribution is -2.08. The number of hydrogen-bond acceptors (Lipinski definition) is 2. The lowest BCUT2D eigenvalue weighted by molar-refractivity contribution is 0.482. The fourth-order valence-corrected chi connectivity index (χ4v) is 2.28. The van der Waals surface area contributed by atoms with Gasteiger partial charge in [-0.15, -0.1) is 0 Å². The van der Waals surface area contributed by atoms with Crippen LogP contribution >= 0.6 is 0 Å². The molecule has 0 saturated carbocycles. The van der Waals surface area contributed by atoms with Crippen LogP contribution in [0.5, 0.6) is 11.5 Å². The van der Waals surface area contributed by atoms with Crippen molar-refractivity contribution in [2.24, 2.45) is 0 Å². The highest BCUT2D eigenvalue weighted by atomic mass is 16.5. The molecule has 0 aliphatic heterocycles. The monoisotopic (exact) mass is 289 g/mol. The Bertz CT molecular complexity index is 718. The molecule has 0 aliphatic rings. The van der Waals surface area contributed by atoms with E-state index in [1.807, 2.05) is 54.6 Å². The van der Waals surface area contributed by atoms with Crippen molar-refractivity contribution in [3.8, 4) is 11.5 Å². The molecule has 0 heterocycles. The molecule has 3 rings (SSSR count). The summed E-state index contributed by atoms with van der Waals surface area (Å²) in [6, 6.07) is 26.5. The van der Waals surface area contributed by atoms with Crippen LogP contribution in [0.15, 0.2) is 78.9 Å². The molecule has 0 amide bonds. The SMILES string of the molecule is Cc1ccc(Oc2ccc(N(C)c3ccccc3)cc2)cc1. The Kier molecular flexibility index (Phi) is 4.10. The van der Waals surface area contributed by atoms with E-state index < -0.39 is 0 Å². The van der Waals surface area contributed by atoms with Gasteiger partial charge in [0.15, 0.2) is 0 Å². The second-order valence-electron chi connectivity index (χ2n) is 5.30. The number of rotatable bonds is 4. The molecule has 3 aromatic rings. The summed E-state index contributed by atoms with van der Waals surface area (Å²) in [5, 5.41) is 0. The first-order valence-electron chi connectivity index (χ1n) is 7.36. The van der Waals surface area contributed by atoms with Crippen molar-refractivity contribution in [2.45, 2.75) is 6.92 Å². The van der Waals surface area contributed by atoms with Crippen LogP contribution < -0.4 is 9.64 Å². The zero-order valence-corrected chi connectivity index (χ0v) is 12.9. The number of benzene rings is 3. The molecule has 2 nitrogen and oxygen atoms in total. The summed E-state index contributed by atoms with van der Waals surface area (Å²) in [5.41, 5.74) is 3.52. The van der Waals surface area contributed by atoms with Crippen molar-refractivity contribution >= 4 is 11.4 Å². The maximum atomic E-state index is 5.86. The van der Waals surface area contributed by atoms with Gasteiger partial charge in [0.05, 0.1) is 0 Å². The second kappa shape index (κ2) is 6.35. The summed E-state index contributed by atoms with van der Waals surface area (Å²) in [5.74, 6) is 1.70. The maximum absolute atomic E-state index is 5.86. The van der Waals surface area contributed by atoms with Crippen molar-refractivity contribution in [1.82, 2.24) is 0 Å². The molecule has 110 valence electrons. The Labute approximate surface area is 131 Å². The minimum Gasteiger partial charge on any atom is -0.457 e. The minimum atomic E-state index is 0.842. The molecular formula is C20H19NO. The van der Waals surface area contributed by atoms with Crippen LogP contribution in [0.25, 0.3) is 0 Å². The van der Waals surface area contributed by atoms with Gasteiger partial charge >= 0.3 is 0 Å². The molecule has 0 spiro atoms. The lowest BCUT2D eigenvalue weighted by Gasteiger charge is -2.19. The Balaban J connectivity index is 1.74. The van der Waals surface area contributed by atoms with Gasteiger partial charge in [0, 0.05) is 18.4 Å². The van der Waals surface area contributed by atoms with Gasteiger partial charge in [-0.25, -0.2) is 0 Å². The first-order valence-corrected chi connectivity index (χ1v) is 7.36. The fourth-order valence-electron chi connectivity index (χ4n) is 2.28. The van der Waals surface area contributed by atoms with Crippen molar-refractivity contribution in [3.63, 3.8) is 0 Å². The predicted molar refractivity (Wildman–Crippen MR) is 92.2 cm³/mol. The molecule has 0 bridgehead atoms. The van der Waals surface area contributed by atoms with Crippen molar-refractivity contribution in [1.29, 1.82) is 0 Å². The van der Waals surface area contributed by atoms with Gasteiger partial charge in [-0.05, 0) is 55.5 Å². The highest BCUT2D eigenvalue weighted by Gasteiger charge is 2.04. The highest BCUT2D eigenvalue weighted by molar-refractivity contribution is 5.62. The first kappa shape index (κ1) is 14.2. The molecule has 0 saturated heterocycles. The molecule has 0 aliphatic carbocycles. The van der Waals surface area contributed by atoms with E-state index in [4.69, 9.17) is 4.74 Å². The van der Waals surface area contributed by atoms with Crippen LogP contribution in [0.4, 0.5) is 11.4 Å². The first-order chi connectivity index (χ1) is 10.7. The number of aryl methyl sites for hydroxylation is 1. The zero-order chi connectivity index (χ0) is 15.4. The Morgan fingerprint density at radius 1 is 0.636 bits per heavy atom. The summed E-state index contributed by atoms with van der Waals surface area (Å²) < 4.78 is 5.86. The molecule has 0 aromatic heterocycles. The summed E-state index contributed by atoms with van der Waals surface area (Å²) in [6.45, 7) is 2.07. The maximum Gasteiger partial charge on any atom is 0.127 e. The molecular weight excluding hydrogens is 270 g/mol. The van der Waals surface area contributed by atoms with E-state index in [9.17, 15) is 0 Å². The number of para-hydroxylation sites is 1. The number of hydrogen-bond donors (Lipinski definition) is 0. The average molecular weight is 289 g/mol. The zero-order valence-electron chi connectivity index (χ0n) is 12.9. The van der Waals surface area contributed by atoms with Crippen molar-refractivity contribution in [3.05, 3.63) is 84.4 Å². The fraction of sp³-hybridized carbons (Fsp3) is 0.100. The van der Waals surface area contributed by atoms with Gasteiger partial charge in [-0.3, -0.25) is 0 Å². The third-order valence-electron chi connectivity index (χ3n) is 3.62. The molecule has 0 N–H and O–H groups in total. The van der Waals surface area contributed by atoms with E-state index >= 15 is 0 Å². The van der Waals surface area contributed by atoms with E-state index in [2.05, 4.69) is 43.1 Å². The summed E-state index contributed by atoms with van der Waals surface area (Å²) in [6.07, 6.45) is 0. The third kappa shape index (κ3) is 3.29. The van der Waals surface area contributed by atoms with Crippen molar-refractivity contribution < 1.29 is 4.74 Å². The number of anilines is 2. The van der Waals surface area contributed by atoms with Gasteiger partial charge < -0.3 is 9.64 Å². The lowest BCUT2D eigenvalue weighted by atomic mass is 10.2. The number of ether oxygens (including phenoxy) is 1. The van der Waals surface area contributed by atoms with E-state index in [-0.39, 0.29) is 0 Å². The van der Waals surface area contributed by atoms with Gasteiger partial charge in [-0.2, -0.15) is 0 Å². The smallest absolute Gasteiger partial charge is 0.127 e. The summed E-state index contributed by atoms with van der Waals surface area (Å²) in [7, 11) is 2.06. The van der Waals surface area contributed by atoms with Gasteiger partial charge in [0.25, 0.3) is 0 Å². The molecule has 22 heavy (non-hydrogen) atoms. The second-order valence-corrected chi connectivity index (χ2v) is 5.30.